The van der Waals surface area contributed by atoms with Crippen molar-refractivity contribution in [3.05, 3.63) is 29.8 Å². The lowest BCUT2D eigenvalue weighted by Gasteiger charge is -2.32. The zero-order chi connectivity index (χ0) is 15.1. The van der Waals surface area contributed by atoms with Crippen LogP contribution in [-0.4, -0.2) is 5.97 Å². The Morgan fingerprint density at radius 2 is 1.52 bits per heavy atom. The third-order valence-electron chi connectivity index (χ3n) is 4.55. The first kappa shape index (κ1) is 16.1. The number of para-hydroxylation sites is 1. The zero-order valence-corrected chi connectivity index (χ0v) is 13.4. The van der Waals surface area contributed by atoms with Gasteiger partial charge in [0.05, 0.1) is 5.92 Å². The van der Waals surface area contributed by atoms with Gasteiger partial charge in [-0.15, -0.1) is 0 Å². The average Bonchev–Trinajstić information content (AvgIpc) is 2.49. The molecular formula is C19H28O2. The van der Waals surface area contributed by atoms with Crippen molar-refractivity contribution in [3.8, 4) is 5.75 Å². The summed E-state index contributed by atoms with van der Waals surface area (Å²) < 4.78 is 5.57. The number of esters is 1. The second-order valence-corrected chi connectivity index (χ2v) is 6.16. The van der Waals surface area contributed by atoms with Crippen molar-refractivity contribution in [2.45, 2.75) is 71.1 Å². The number of hydrogen-bond acceptors (Lipinski definition) is 2. The molecule has 2 atom stereocenters. The van der Waals surface area contributed by atoms with Gasteiger partial charge in [-0.05, 0) is 24.5 Å². The zero-order valence-electron chi connectivity index (χ0n) is 13.4. The van der Waals surface area contributed by atoms with Gasteiger partial charge in [-0.25, -0.2) is 0 Å². The molecule has 2 nitrogen and oxygen atoms in total. The number of carbonyl (C=O) groups is 1. The highest BCUT2D eigenvalue weighted by Gasteiger charge is 2.36. The molecule has 2 heteroatoms. The van der Waals surface area contributed by atoms with Crippen molar-refractivity contribution in [3.63, 3.8) is 0 Å². The molecule has 0 saturated heterocycles. The lowest BCUT2D eigenvalue weighted by atomic mass is 9.77. The molecule has 116 valence electrons. The van der Waals surface area contributed by atoms with Gasteiger partial charge in [-0.2, -0.15) is 0 Å². The van der Waals surface area contributed by atoms with Gasteiger partial charge in [-0.3, -0.25) is 4.79 Å². The summed E-state index contributed by atoms with van der Waals surface area (Å²) in [4.78, 5) is 12.4. The van der Waals surface area contributed by atoms with Crippen LogP contribution in [0.4, 0.5) is 0 Å². The maximum atomic E-state index is 12.4. The molecule has 0 fully saturated rings. The molecule has 1 aliphatic rings. The van der Waals surface area contributed by atoms with E-state index in [1.54, 1.807) is 0 Å². The topological polar surface area (TPSA) is 26.3 Å². The minimum atomic E-state index is -0.00805. The van der Waals surface area contributed by atoms with E-state index in [0.717, 1.165) is 25.0 Å². The molecule has 0 N–H and O–H groups in total. The van der Waals surface area contributed by atoms with Crippen molar-refractivity contribution in [1.82, 2.24) is 0 Å². The molecule has 0 unspecified atom stereocenters. The number of ether oxygens (including phenoxy) is 1. The first-order valence-corrected chi connectivity index (χ1v) is 8.58. The van der Waals surface area contributed by atoms with Crippen LogP contribution in [0, 0.1) is 5.92 Å². The summed E-state index contributed by atoms with van der Waals surface area (Å²) in [5, 5.41) is 0. The molecule has 0 spiro atoms. The standard InChI is InChI=1S/C19H28O2/c1-3-5-7-11-15-16-12-9-10-14-18(16)21-19(20)17(15)13-8-6-4-2/h9-10,12,14-15,17H,3-8,11,13H2,1-2H3/t15-,17-/m0/s1. The molecule has 0 bridgehead atoms. The summed E-state index contributed by atoms with van der Waals surface area (Å²) in [6.45, 7) is 4.43. The number of carbonyl (C=O) groups excluding carboxylic acids is 1. The van der Waals surface area contributed by atoms with Crippen molar-refractivity contribution in [2.24, 2.45) is 5.92 Å². The molecule has 0 amide bonds. The molecule has 0 saturated carbocycles. The Balaban J connectivity index is 2.14. The van der Waals surface area contributed by atoms with E-state index in [0.29, 0.717) is 5.92 Å². The average molecular weight is 288 g/mol. The number of hydrogen-bond donors (Lipinski definition) is 0. The quantitative estimate of drug-likeness (QED) is 0.360. The van der Waals surface area contributed by atoms with Crippen LogP contribution in [0.5, 0.6) is 5.75 Å². The van der Waals surface area contributed by atoms with Gasteiger partial charge in [0.2, 0.25) is 0 Å². The van der Waals surface area contributed by atoms with Crippen LogP contribution in [0.1, 0.15) is 76.7 Å². The maximum absolute atomic E-state index is 12.4. The predicted molar refractivity (Wildman–Crippen MR) is 86.6 cm³/mol. The highest BCUT2D eigenvalue weighted by molar-refractivity contribution is 5.79. The van der Waals surface area contributed by atoms with Gasteiger partial charge in [-0.1, -0.05) is 70.6 Å². The molecule has 1 heterocycles. The Labute approximate surface area is 128 Å². The van der Waals surface area contributed by atoms with E-state index < -0.39 is 0 Å². The molecule has 1 aromatic rings. The Hall–Kier alpha value is -1.31. The Morgan fingerprint density at radius 1 is 0.905 bits per heavy atom. The van der Waals surface area contributed by atoms with Crippen LogP contribution in [0.3, 0.4) is 0 Å². The number of unbranched alkanes of at least 4 members (excludes halogenated alkanes) is 4. The van der Waals surface area contributed by atoms with Crippen LogP contribution >= 0.6 is 0 Å². The molecule has 1 aromatic carbocycles. The van der Waals surface area contributed by atoms with Crippen LogP contribution in [0.2, 0.25) is 0 Å². The molecule has 21 heavy (non-hydrogen) atoms. The van der Waals surface area contributed by atoms with Crippen LogP contribution in [-0.2, 0) is 4.79 Å². The van der Waals surface area contributed by atoms with Gasteiger partial charge in [0, 0.05) is 5.92 Å². The van der Waals surface area contributed by atoms with Crippen LogP contribution < -0.4 is 4.74 Å². The van der Waals surface area contributed by atoms with Crippen molar-refractivity contribution in [2.75, 3.05) is 0 Å². The molecule has 2 rings (SSSR count). The van der Waals surface area contributed by atoms with Gasteiger partial charge in [0.1, 0.15) is 5.75 Å². The number of rotatable bonds is 8. The Morgan fingerprint density at radius 3 is 2.19 bits per heavy atom. The fourth-order valence-corrected chi connectivity index (χ4v) is 3.35. The molecule has 1 aliphatic heterocycles. The van der Waals surface area contributed by atoms with E-state index in [1.165, 1.54) is 37.7 Å². The molecule has 0 aromatic heterocycles. The van der Waals surface area contributed by atoms with E-state index in [1.807, 2.05) is 12.1 Å². The SMILES string of the molecule is CCCCC[C@@H]1C(=O)Oc2ccccc2[C@@H]1CCCCC. The molecule has 0 aliphatic carbocycles. The van der Waals surface area contributed by atoms with E-state index in [-0.39, 0.29) is 11.9 Å². The van der Waals surface area contributed by atoms with E-state index in [2.05, 4.69) is 26.0 Å². The van der Waals surface area contributed by atoms with Gasteiger partial charge in [0.15, 0.2) is 0 Å². The van der Waals surface area contributed by atoms with Gasteiger partial charge < -0.3 is 4.74 Å². The van der Waals surface area contributed by atoms with Crippen molar-refractivity contribution in [1.29, 1.82) is 0 Å². The first-order chi connectivity index (χ1) is 10.3. The van der Waals surface area contributed by atoms with E-state index >= 15 is 0 Å². The summed E-state index contributed by atoms with van der Waals surface area (Å²) >= 11 is 0. The molecular weight excluding hydrogens is 260 g/mol. The van der Waals surface area contributed by atoms with Crippen LogP contribution in [0.25, 0.3) is 0 Å². The molecule has 0 radical (unpaired) electrons. The third-order valence-corrected chi connectivity index (χ3v) is 4.55. The summed E-state index contributed by atoms with van der Waals surface area (Å²) in [6, 6.07) is 8.09. The smallest absolute Gasteiger partial charge is 0.314 e. The summed E-state index contributed by atoms with van der Waals surface area (Å²) in [5.74, 6) is 1.19. The fraction of sp³-hybridized carbons (Fsp3) is 0.632. The first-order valence-electron chi connectivity index (χ1n) is 8.58. The number of benzene rings is 1. The maximum Gasteiger partial charge on any atom is 0.314 e. The summed E-state index contributed by atoms with van der Waals surface area (Å²) in [7, 11) is 0. The van der Waals surface area contributed by atoms with Crippen molar-refractivity contribution < 1.29 is 9.53 Å². The fourth-order valence-electron chi connectivity index (χ4n) is 3.35. The minimum Gasteiger partial charge on any atom is -0.426 e. The third kappa shape index (κ3) is 4.09. The normalized spacial score (nSPS) is 21.0. The van der Waals surface area contributed by atoms with Gasteiger partial charge in [0.25, 0.3) is 0 Å². The highest BCUT2D eigenvalue weighted by atomic mass is 16.5. The second-order valence-electron chi connectivity index (χ2n) is 6.16. The minimum absolute atomic E-state index is 0.00805. The van der Waals surface area contributed by atoms with Crippen molar-refractivity contribution >= 4 is 5.97 Å². The monoisotopic (exact) mass is 288 g/mol. The highest BCUT2D eigenvalue weighted by Crippen LogP contribution is 2.42. The summed E-state index contributed by atoms with van der Waals surface area (Å²) in [6.07, 6.45) is 9.27. The van der Waals surface area contributed by atoms with Crippen LogP contribution in [0.15, 0.2) is 24.3 Å². The lowest BCUT2D eigenvalue weighted by molar-refractivity contribution is -0.141. The lowest BCUT2D eigenvalue weighted by Crippen LogP contribution is -2.31. The van der Waals surface area contributed by atoms with Gasteiger partial charge >= 0.3 is 5.97 Å². The largest absolute Gasteiger partial charge is 0.426 e. The van der Waals surface area contributed by atoms with E-state index in [9.17, 15) is 4.79 Å². The Kier molecular flexibility index (Phi) is 6.28. The number of fused-ring (bicyclic) bond motifs is 1. The predicted octanol–water partition coefficient (Wildman–Crippen LogP) is 5.47. The summed E-state index contributed by atoms with van der Waals surface area (Å²) in [5.41, 5.74) is 1.25. The Bertz CT molecular complexity index is 453. The second kappa shape index (κ2) is 8.21. The van der Waals surface area contributed by atoms with E-state index in [4.69, 9.17) is 4.74 Å².